The quantitative estimate of drug-likeness (QED) is 0.398. The second-order valence-corrected chi connectivity index (χ2v) is 7.86. The maximum Gasteiger partial charge on any atom is 0.373 e. The molecule has 1 aliphatic carbocycles. The number of hydrogen-bond acceptors (Lipinski definition) is 9. The molecule has 1 aromatic heterocycles. The fraction of sp³-hybridized carbons (Fsp3) is 0.400. The Hall–Kier alpha value is -3.56. The first-order valence-electron chi connectivity index (χ1n) is 9.32. The van der Waals surface area contributed by atoms with Gasteiger partial charge >= 0.3 is 17.5 Å². The number of anilines is 1. The molecule has 10 heteroatoms. The highest BCUT2D eigenvalue weighted by Gasteiger charge is 2.31. The number of esters is 1. The van der Waals surface area contributed by atoms with Crippen LogP contribution in [0, 0.1) is 10.1 Å². The molecule has 1 aromatic carbocycles. The van der Waals surface area contributed by atoms with Crippen molar-refractivity contribution in [2.75, 3.05) is 18.5 Å². The number of ether oxygens (including phenoxy) is 2. The minimum atomic E-state index is -0.686. The standard InChI is InChI=1S/C20H22N4O6/c1-20(2,3)30-16(26)10-23(4)18-17(24(27)28)19(22-11-21-18)29-15-7-5-6-12-13(15)8-9-14(12)25/h5-7,11H,8-10H2,1-4H3. The second-order valence-electron chi connectivity index (χ2n) is 7.86. The van der Waals surface area contributed by atoms with E-state index in [1.807, 2.05) is 0 Å². The smallest absolute Gasteiger partial charge is 0.373 e. The van der Waals surface area contributed by atoms with E-state index in [1.165, 1.54) is 11.9 Å². The molecule has 0 radical (unpaired) electrons. The number of fused-ring (bicyclic) bond motifs is 1. The fourth-order valence-electron chi connectivity index (χ4n) is 3.17. The lowest BCUT2D eigenvalue weighted by atomic mass is 10.1. The van der Waals surface area contributed by atoms with Gasteiger partial charge in [-0.3, -0.25) is 19.7 Å². The summed E-state index contributed by atoms with van der Waals surface area (Å²) in [7, 11) is 1.49. The van der Waals surface area contributed by atoms with E-state index >= 15 is 0 Å². The summed E-state index contributed by atoms with van der Waals surface area (Å²) < 4.78 is 11.0. The molecule has 2 aromatic rings. The molecule has 0 aliphatic heterocycles. The van der Waals surface area contributed by atoms with Gasteiger partial charge < -0.3 is 14.4 Å². The summed E-state index contributed by atoms with van der Waals surface area (Å²) >= 11 is 0. The Morgan fingerprint density at radius 1 is 1.27 bits per heavy atom. The van der Waals surface area contributed by atoms with E-state index in [0.29, 0.717) is 29.7 Å². The topological polar surface area (TPSA) is 125 Å². The largest absolute Gasteiger partial charge is 0.459 e. The summed E-state index contributed by atoms with van der Waals surface area (Å²) in [4.78, 5) is 44.4. The van der Waals surface area contributed by atoms with Crippen LogP contribution in [0.3, 0.4) is 0 Å². The number of carbonyl (C=O) groups excluding carboxylic acids is 2. The van der Waals surface area contributed by atoms with Crippen molar-refractivity contribution in [3.63, 3.8) is 0 Å². The van der Waals surface area contributed by atoms with E-state index in [-0.39, 0.29) is 24.0 Å². The zero-order valence-electron chi connectivity index (χ0n) is 17.2. The third kappa shape index (κ3) is 4.53. The average Bonchev–Trinajstić information content (AvgIpc) is 3.02. The van der Waals surface area contributed by atoms with Crippen LogP contribution < -0.4 is 9.64 Å². The number of Topliss-reactive ketones (excluding diaryl/α,β-unsaturated/α-hetero) is 1. The van der Waals surface area contributed by atoms with Crippen LogP contribution in [0.15, 0.2) is 24.5 Å². The van der Waals surface area contributed by atoms with Crippen molar-refractivity contribution in [2.24, 2.45) is 0 Å². The molecule has 0 bridgehead atoms. The van der Waals surface area contributed by atoms with Crippen LogP contribution in [0.1, 0.15) is 43.1 Å². The summed E-state index contributed by atoms with van der Waals surface area (Å²) in [6, 6.07) is 4.99. The Morgan fingerprint density at radius 2 is 2.00 bits per heavy atom. The monoisotopic (exact) mass is 414 g/mol. The van der Waals surface area contributed by atoms with Crippen molar-refractivity contribution < 1.29 is 24.0 Å². The summed E-state index contributed by atoms with van der Waals surface area (Å²) in [5, 5.41) is 11.8. The van der Waals surface area contributed by atoms with E-state index < -0.39 is 22.2 Å². The Morgan fingerprint density at radius 3 is 2.67 bits per heavy atom. The van der Waals surface area contributed by atoms with Crippen LogP contribution in [0.25, 0.3) is 0 Å². The van der Waals surface area contributed by atoms with Gasteiger partial charge in [0, 0.05) is 24.6 Å². The minimum Gasteiger partial charge on any atom is -0.459 e. The zero-order chi connectivity index (χ0) is 22.1. The molecule has 158 valence electrons. The van der Waals surface area contributed by atoms with Gasteiger partial charge in [0.15, 0.2) is 5.78 Å². The third-order valence-corrected chi connectivity index (χ3v) is 4.34. The van der Waals surface area contributed by atoms with Crippen molar-refractivity contribution in [3.05, 3.63) is 45.8 Å². The molecule has 0 unspecified atom stereocenters. The lowest BCUT2D eigenvalue weighted by Gasteiger charge is -2.23. The maximum absolute atomic E-state index is 12.1. The molecule has 30 heavy (non-hydrogen) atoms. The summed E-state index contributed by atoms with van der Waals surface area (Å²) in [5.41, 5.74) is 0.0746. The molecular formula is C20H22N4O6. The van der Waals surface area contributed by atoms with Crippen LogP contribution >= 0.6 is 0 Å². The molecular weight excluding hydrogens is 392 g/mol. The van der Waals surface area contributed by atoms with Gasteiger partial charge in [-0.25, -0.2) is 4.98 Å². The van der Waals surface area contributed by atoms with E-state index in [9.17, 15) is 19.7 Å². The number of likely N-dealkylation sites (N-methyl/N-ethyl adjacent to an activating group) is 1. The van der Waals surface area contributed by atoms with Crippen molar-refractivity contribution in [2.45, 2.75) is 39.2 Å². The van der Waals surface area contributed by atoms with Crippen LogP contribution in [0.4, 0.5) is 11.5 Å². The molecule has 0 N–H and O–H groups in total. The molecule has 0 fully saturated rings. The molecule has 3 rings (SSSR count). The van der Waals surface area contributed by atoms with Gasteiger partial charge in [0.2, 0.25) is 5.82 Å². The normalized spacial score (nSPS) is 13.0. The number of aromatic nitrogens is 2. The van der Waals surface area contributed by atoms with Crippen molar-refractivity contribution in [1.82, 2.24) is 9.97 Å². The Bertz CT molecular complexity index is 1010. The van der Waals surface area contributed by atoms with Crippen molar-refractivity contribution in [3.8, 4) is 11.6 Å². The number of carbonyl (C=O) groups is 2. The number of rotatable bonds is 6. The van der Waals surface area contributed by atoms with Gasteiger partial charge in [-0.2, -0.15) is 4.98 Å². The highest BCUT2D eigenvalue weighted by atomic mass is 16.6. The van der Waals surface area contributed by atoms with Gasteiger partial charge in [0.25, 0.3) is 0 Å². The van der Waals surface area contributed by atoms with Crippen LogP contribution in [0.2, 0.25) is 0 Å². The van der Waals surface area contributed by atoms with Crippen LogP contribution in [-0.2, 0) is 16.0 Å². The first-order chi connectivity index (χ1) is 14.1. The Labute approximate surface area is 173 Å². The molecule has 1 heterocycles. The van der Waals surface area contributed by atoms with E-state index in [0.717, 1.165) is 6.33 Å². The minimum absolute atomic E-state index is 0.00502. The highest BCUT2D eigenvalue weighted by molar-refractivity contribution is 6.01. The van der Waals surface area contributed by atoms with E-state index in [1.54, 1.807) is 39.0 Å². The first-order valence-corrected chi connectivity index (χ1v) is 9.32. The summed E-state index contributed by atoms with van der Waals surface area (Å²) in [6.45, 7) is 4.94. The van der Waals surface area contributed by atoms with Crippen molar-refractivity contribution >= 4 is 23.3 Å². The molecule has 10 nitrogen and oxygen atoms in total. The van der Waals surface area contributed by atoms with Crippen LogP contribution in [0.5, 0.6) is 11.6 Å². The summed E-state index contributed by atoms with van der Waals surface area (Å²) in [5.74, 6) is -0.570. The second kappa shape index (κ2) is 8.05. The van der Waals surface area contributed by atoms with Gasteiger partial charge in [-0.15, -0.1) is 0 Å². The fourth-order valence-corrected chi connectivity index (χ4v) is 3.17. The molecule has 0 spiro atoms. The average molecular weight is 414 g/mol. The maximum atomic E-state index is 12.1. The molecule has 1 aliphatic rings. The molecule has 0 saturated heterocycles. The predicted molar refractivity (Wildman–Crippen MR) is 107 cm³/mol. The lowest BCUT2D eigenvalue weighted by molar-refractivity contribution is -0.385. The number of hydrogen-bond donors (Lipinski definition) is 0. The number of ketones is 1. The lowest BCUT2D eigenvalue weighted by Crippen LogP contribution is -2.33. The van der Waals surface area contributed by atoms with E-state index in [2.05, 4.69) is 9.97 Å². The zero-order valence-corrected chi connectivity index (χ0v) is 17.2. The van der Waals surface area contributed by atoms with Gasteiger partial charge in [0.1, 0.15) is 24.2 Å². The predicted octanol–water partition coefficient (Wildman–Crippen LogP) is 3.08. The van der Waals surface area contributed by atoms with Gasteiger partial charge in [0.05, 0.1) is 4.92 Å². The van der Waals surface area contributed by atoms with Crippen molar-refractivity contribution in [1.29, 1.82) is 0 Å². The molecule has 0 amide bonds. The molecule has 0 saturated carbocycles. The number of nitrogens with zero attached hydrogens (tertiary/aromatic N) is 4. The number of benzene rings is 1. The van der Waals surface area contributed by atoms with Gasteiger partial charge in [-0.1, -0.05) is 12.1 Å². The Kier molecular flexibility index (Phi) is 5.68. The highest BCUT2D eigenvalue weighted by Crippen LogP contribution is 2.38. The molecule has 0 atom stereocenters. The Balaban J connectivity index is 1.92. The third-order valence-electron chi connectivity index (χ3n) is 4.34. The first kappa shape index (κ1) is 21.2. The SMILES string of the molecule is CN(CC(=O)OC(C)(C)C)c1ncnc(Oc2cccc3c2CCC3=O)c1[N+](=O)[O-]. The van der Waals surface area contributed by atoms with Crippen LogP contribution in [-0.4, -0.2) is 45.8 Å². The van der Waals surface area contributed by atoms with E-state index in [4.69, 9.17) is 9.47 Å². The summed E-state index contributed by atoms with van der Waals surface area (Å²) in [6.07, 6.45) is 1.98. The van der Waals surface area contributed by atoms with Gasteiger partial charge in [-0.05, 0) is 33.3 Å². The number of nitro groups is 1.